The molecule has 0 aromatic rings. The van der Waals surface area contributed by atoms with E-state index in [-0.39, 0.29) is 6.03 Å². The molecule has 1 fully saturated rings. The second kappa shape index (κ2) is 6.14. The predicted octanol–water partition coefficient (Wildman–Crippen LogP) is -0.545. The lowest BCUT2D eigenvalue weighted by Gasteiger charge is -1.80. The second-order valence-electron chi connectivity index (χ2n) is 1.91. The van der Waals surface area contributed by atoms with Crippen molar-refractivity contribution in [3.05, 3.63) is 0 Å². The minimum Gasteiger partial charge on any atom is -0.350 e. The number of aliphatic imine (C=N–C) groups is 1. The van der Waals surface area contributed by atoms with E-state index < -0.39 is 6.03 Å². The summed E-state index contributed by atoms with van der Waals surface area (Å²) in [4.78, 5) is 22.8. The van der Waals surface area contributed by atoms with Crippen LogP contribution >= 0.6 is 0 Å². The summed E-state index contributed by atoms with van der Waals surface area (Å²) in [6, 6.07) is -0.687. The van der Waals surface area contributed by atoms with Crippen LogP contribution in [0.3, 0.4) is 0 Å². The molecular weight excluding hydrogens is 160 g/mol. The Hall–Kier alpha value is -1.59. The highest BCUT2D eigenvalue weighted by Crippen LogP contribution is 1.70. The number of hydrogen-bond donors (Lipinski definition) is 3. The Balaban J connectivity index is 0.000000202. The van der Waals surface area contributed by atoms with Crippen molar-refractivity contribution >= 4 is 18.3 Å². The zero-order valence-corrected chi connectivity index (χ0v) is 6.83. The molecule has 1 heterocycles. The molecule has 0 aromatic carbocycles. The molecule has 6 heteroatoms. The van der Waals surface area contributed by atoms with Gasteiger partial charge in [0.05, 0.1) is 0 Å². The Bertz CT molecular complexity index is 182. The third kappa shape index (κ3) is 6.53. The average Bonchev–Trinajstić information content (AvgIpc) is 2.40. The summed E-state index contributed by atoms with van der Waals surface area (Å²) in [5, 5.41) is 5.14. The van der Waals surface area contributed by atoms with Gasteiger partial charge in [0, 0.05) is 19.3 Å². The lowest BCUT2D eigenvalue weighted by molar-refractivity contribution is 0.248. The van der Waals surface area contributed by atoms with E-state index in [1.165, 1.54) is 6.21 Å². The molecule has 0 radical (unpaired) electrons. The molecule has 1 saturated heterocycles. The molecule has 0 bridgehead atoms. The summed E-state index contributed by atoms with van der Waals surface area (Å²) >= 11 is 0. The monoisotopic (exact) mass is 172 g/mol. The number of carbonyl (C=O) groups excluding carboxylic acids is 2. The molecule has 4 amide bonds. The van der Waals surface area contributed by atoms with Crippen molar-refractivity contribution in [2.45, 2.75) is 6.92 Å². The van der Waals surface area contributed by atoms with Crippen LogP contribution in [0.5, 0.6) is 0 Å². The molecule has 0 aromatic heterocycles. The number of urea groups is 2. The molecule has 1 aliphatic heterocycles. The highest BCUT2D eigenvalue weighted by Gasteiger charge is 2.02. The van der Waals surface area contributed by atoms with Crippen molar-refractivity contribution in [2.24, 2.45) is 10.7 Å². The fourth-order valence-electron chi connectivity index (χ4n) is 0.542. The largest absolute Gasteiger partial charge is 0.350 e. The molecule has 68 valence electrons. The molecule has 0 aliphatic carbocycles. The van der Waals surface area contributed by atoms with Gasteiger partial charge in [-0.3, -0.25) is 0 Å². The number of rotatable bonds is 0. The first-order valence-corrected chi connectivity index (χ1v) is 3.46. The lowest BCUT2D eigenvalue weighted by Crippen LogP contribution is -2.20. The quantitative estimate of drug-likeness (QED) is 0.427. The Kier molecular flexibility index (Phi) is 5.33. The Labute approximate surface area is 70.2 Å². The van der Waals surface area contributed by atoms with Gasteiger partial charge in [0.15, 0.2) is 0 Å². The zero-order chi connectivity index (χ0) is 9.40. The van der Waals surface area contributed by atoms with Gasteiger partial charge in [0.2, 0.25) is 0 Å². The topological polar surface area (TPSA) is 96.6 Å². The number of nitrogens with two attached hydrogens (primary N) is 1. The second-order valence-corrected chi connectivity index (χ2v) is 1.91. The van der Waals surface area contributed by atoms with Crippen molar-refractivity contribution < 1.29 is 9.59 Å². The first-order valence-electron chi connectivity index (χ1n) is 3.46. The van der Waals surface area contributed by atoms with Crippen molar-refractivity contribution in [3.63, 3.8) is 0 Å². The smallest absolute Gasteiger partial charge is 0.337 e. The number of hydrogen-bond acceptors (Lipinski definition) is 2. The van der Waals surface area contributed by atoms with Crippen LogP contribution in [0.1, 0.15) is 6.92 Å². The van der Waals surface area contributed by atoms with Gasteiger partial charge < -0.3 is 16.4 Å². The summed E-state index contributed by atoms with van der Waals surface area (Å²) in [7, 11) is 0. The van der Waals surface area contributed by atoms with Gasteiger partial charge in [-0.15, -0.1) is 0 Å². The van der Waals surface area contributed by atoms with Crippen LogP contribution in [0.2, 0.25) is 0 Å². The molecule has 0 atom stereocenters. The number of nitrogens with one attached hydrogen (secondary N) is 2. The molecule has 1 rings (SSSR count). The van der Waals surface area contributed by atoms with Gasteiger partial charge in [-0.25, -0.2) is 14.6 Å². The van der Waals surface area contributed by atoms with Crippen molar-refractivity contribution in [2.75, 3.05) is 13.1 Å². The first-order chi connectivity index (χ1) is 5.66. The molecular formula is C6H12N4O2. The van der Waals surface area contributed by atoms with E-state index in [4.69, 9.17) is 0 Å². The van der Waals surface area contributed by atoms with E-state index in [1.807, 2.05) is 0 Å². The minimum absolute atomic E-state index is 0.0463. The molecule has 0 saturated carbocycles. The van der Waals surface area contributed by atoms with Gasteiger partial charge in [0.1, 0.15) is 0 Å². The van der Waals surface area contributed by atoms with E-state index in [0.29, 0.717) is 0 Å². The normalized spacial score (nSPS) is 14.6. The van der Waals surface area contributed by atoms with Gasteiger partial charge in [0.25, 0.3) is 0 Å². The number of nitrogens with zero attached hydrogens (tertiary/aromatic N) is 1. The summed E-state index contributed by atoms with van der Waals surface area (Å²) in [6.07, 6.45) is 1.35. The predicted molar refractivity (Wildman–Crippen MR) is 45.2 cm³/mol. The number of amides is 4. The molecule has 0 unspecified atom stereocenters. The van der Waals surface area contributed by atoms with Crippen LogP contribution in [-0.4, -0.2) is 31.4 Å². The lowest BCUT2D eigenvalue weighted by atomic mass is 10.7. The van der Waals surface area contributed by atoms with Crippen LogP contribution in [0.15, 0.2) is 4.99 Å². The van der Waals surface area contributed by atoms with Crippen LogP contribution in [-0.2, 0) is 0 Å². The molecule has 12 heavy (non-hydrogen) atoms. The van der Waals surface area contributed by atoms with E-state index in [1.54, 1.807) is 6.92 Å². The maximum Gasteiger partial charge on any atom is 0.337 e. The van der Waals surface area contributed by atoms with E-state index in [2.05, 4.69) is 21.4 Å². The van der Waals surface area contributed by atoms with Gasteiger partial charge in [-0.1, -0.05) is 0 Å². The van der Waals surface area contributed by atoms with Crippen molar-refractivity contribution in [3.8, 4) is 0 Å². The summed E-state index contributed by atoms with van der Waals surface area (Å²) < 4.78 is 0. The van der Waals surface area contributed by atoms with Crippen LogP contribution in [0.25, 0.3) is 0 Å². The highest BCUT2D eigenvalue weighted by molar-refractivity contribution is 5.81. The third-order valence-corrected chi connectivity index (χ3v) is 0.952. The Morgan fingerprint density at radius 3 is 2.17 bits per heavy atom. The van der Waals surface area contributed by atoms with Crippen LogP contribution in [0, 0.1) is 0 Å². The van der Waals surface area contributed by atoms with E-state index in [9.17, 15) is 9.59 Å². The standard InChI is InChI=1S/2C3H6N2O/c6-3-4-1-2-5-3;1-2-5-3(4)6/h1-2H2,(H2,4,5,6);2H,1H3,(H2,4,6). The minimum atomic E-state index is -0.641. The average molecular weight is 172 g/mol. The van der Waals surface area contributed by atoms with Gasteiger partial charge >= 0.3 is 12.1 Å². The van der Waals surface area contributed by atoms with Gasteiger partial charge in [-0.05, 0) is 6.92 Å². The van der Waals surface area contributed by atoms with Crippen LogP contribution in [0.4, 0.5) is 9.59 Å². The third-order valence-electron chi connectivity index (χ3n) is 0.952. The SMILES string of the molecule is CC=NC(N)=O.O=C1NCCN1. The maximum absolute atomic E-state index is 10.0. The summed E-state index contributed by atoms with van der Waals surface area (Å²) in [6.45, 7) is 3.18. The van der Waals surface area contributed by atoms with Crippen molar-refractivity contribution in [1.29, 1.82) is 0 Å². The fraction of sp³-hybridized carbons (Fsp3) is 0.500. The highest BCUT2D eigenvalue weighted by atomic mass is 16.2. The molecule has 6 nitrogen and oxygen atoms in total. The Morgan fingerprint density at radius 2 is 2.08 bits per heavy atom. The molecule has 1 aliphatic rings. The van der Waals surface area contributed by atoms with E-state index >= 15 is 0 Å². The summed E-state index contributed by atoms with van der Waals surface area (Å²) in [5.74, 6) is 0. The maximum atomic E-state index is 10.0. The summed E-state index contributed by atoms with van der Waals surface area (Å²) in [5.41, 5.74) is 4.57. The van der Waals surface area contributed by atoms with E-state index in [0.717, 1.165) is 13.1 Å². The van der Waals surface area contributed by atoms with Crippen molar-refractivity contribution in [1.82, 2.24) is 10.6 Å². The molecule has 0 spiro atoms. The zero-order valence-electron chi connectivity index (χ0n) is 6.83. The van der Waals surface area contributed by atoms with Crippen LogP contribution < -0.4 is 16.4 Å². The number of carbonyl (C=O) groups is 2. The fourth-order valence-corrected chi connectivity index (χ4v) is 0.542. The first kappa shape index (κ1) is 10.4. The Morgan fingerprint density at radius 1 is 1.58 bits per heavy atom. The number of primary amides is 1. The molecule has 4 N–H and O–H groups in total. The van der Waals surface area contributed by atoms with Gasteiger partial charge in [-0.2, -0.15) is 0 Å².